The monoisotopic (exact) mass is 964 g/mol. The fourth-order valence-electron chi connectivity index (χ4n) is 7.39. The molecule has 1 rings (SSSR count). The molecule has 0 aromatic carbocycles. The Hall–Kier alpha value is -3.94. The largest absolute Gasteiger partial charge is 0.454 e. The van der Waals surface area contributed by atoms with Crippen molar-refractivity contribution >= 4 is 11.9 Å². The van der Waals surface area contributed by atoms with Gasteiger partial charge < -0.3 is 45.1 Å². The summed E-state index contributed by atoms with van der Waals surface area (Å²) in [6, 6.07) is -1.06. The third-order valence-electron chi connectivity index (χ3n) is 11.6. The first-order valence-electron chi connectivity index (χ1n) is 26.4. The van der Waals surface area contributed by atoms with Crippen molar-refractivity contribution in [3.05, 3.63) is 122 Å². The first kappa shape index (κ1) is 63.1. The Morgan fingerprint density at radius 3 is 1.57 bits per heavy atom. The van der Waals surface area contributed by atoms with Crippen LogP contribution < -0.4 is 5.32 Å². The van der Waals surface area contributed by atoms with Gasteiger partial charge >= 0.3 is 5.97 Å². The van der Waals surface area contributed by atoms with Crippen LogP contribution in [-0.2, 0) is 23.8 Å². The van der Waals surface area contributed by atoms with Crippen LogP contribution in [0.4, 0.5) is 0 Å². The first-order chi connectivity index (χ1) is 33.7. The number of allylic oxidation sites excluding steroid dienone is 19. The minimum atomic E-state index is -1.65. The predicted molar refractivity (Wildman–Crippen MR) is 282 cm³/mol. The van der Waals surface area contributed by atoms with E-state index in [0.717, 1.165) is 70.6 Å². The molecule has 0 spiro atoms. The average Bonchev–Trinajstić information content (AvgIpc) is 3.34. The second-order valence-electron chi connectivity index (χ2n) is 17.7. The highest BCUT2D eigenvalue weighted by Crippen LogP contribution is 2.26. The van der Waals surface area contributed by atoms with Crippen LogP contribution in [-0.4, -0.2) is 99.6 Å². The number of carbonyl (C=O) groups is 2. The number of hydrogen-bond donors (Lipinski definition) is 6. The van der Waals surface area contributed by atoms with E-state index >= 15 is 0 Å². The highest BCUT2D eigenvalue weighted by molar-refractivity contribution is 5.80. The number of ether oxygens (including phenoxy) is 3. The third-order valence-corrected chi connectivity index (χ3v) is 11.6. The minimum absolute atomic E-state index is 0.0617. The molecule has 0 aliphatic carbocycles. The number of nitrogens with one attached hydrogen (secondary N) is 1. The number of esters is 1. The number of amides is 1. The molecule has 1 heterocycles. The van der Waals surface area contributed by atoms with Gasteiger partial charge in [-0.1, -0.05) is 219 Å². The van der Waals surface area contributed by atoms with Crippen LogP contribution in [0.5, 0.6) is 0 Å². The van der Waals surface area contributed by atoms with Gasteiger partial charge in [0.1, 0.15) is 24.4 Å². The molecule has 1 saturated heterocycles. The molecule has 8 unspecified atom stereocenters. The molecule has 1 amide bonds. The zero-order valence-electron chi connectivity index (χ0n) is 42.6. The topological polar surface area (TPSA) is 175 Å². The van der Waals surface area contributed by atoms with E-state index in [-0.39, 0.29) is 19.4 Å². The Morgan fingerprint density at radius 2 is 1.04 bits per heavy atom. The molecule has 0 aromatic heterocycles. The lowest BCUT2D eigenvalue weighted by molar-refractivity contribution is -0.305. The van der Waals surface area contributed by atoms with Gasteiger partial charge in [0.25, 0.3) is 0 Å². The summed E-state index contributed by atoms with van der Waals surface area (Å²) in [5.41, 5.74) is 0. The summed E-state index contributed by atoms with van der Waals surface area (Å²) < 4.78 is 17.5. The average molecular weight is 964 g/mol. The quantitative estimate of drug-likeness (QED) is 0.0150. The number of carbonyl (C=O) groups excluding carboxylic acids is 2. The molecule has 69 heavy (non-hydrogen) atoms. The molecule has 1 aliphatic heterocycles. The predicted octanol–water partition coefficient (Wildman–Crippen LogP) is 11.2. The highest BCUT2D eigenvalue weighted by Gasteiger charge is 2.47. The van der Waals surface area contributed by atoms with E-state index in [1.165, 1.54) is 51.4 Å². The normalized spacial score (nSPS) is 20.8. The van der Waals surface area contributed by atoms with Gasteiger partial charge in [-0.05, 0) is 64.2 Å². The van der Waals surface area contributed by atoms with Crippen molar-refractivity contribution in [2.75, 3.05) is 13.2 Å². The molecule has 11 heteroatoms. The van der Waals surface area contributed by atoms with Gasteiger partial charge in [-0.25, -0.2) is 0 Å². The zero-order valence-corrected chi connectivity index (χ0v) is 42.6. The summed E-state index contributed by atoms with van der Waals surface area (Å²) in [7, 11) is 0. The fourth-order valence-corrected chi connectivity index (χ4v) is 7.39. The van der Waals surface area contributed by atoms with E-state index < -0.39 is 67.4 Å². The van der Waals surface area contributed by atoms with Gasteiger partial charge in [0.15, 0.2) is 12.4 Å². The van der Waals surface area contributed by atoms with Crippen LogP contribution >= 0.6 is 0 Å². The van der Waals surface area contributed by atoms with Crippen molar-refractivity contribution in [2.45, 2.75) is 217 Å². The number of aliphatic hydroxyl groups is 5. The Labute approximate surface area is 417 Å². The van der Waals surface area contributed by atoms with Gasteiger partial charge in [-0.2, -0.15) is 0 Å². The molecule has 390 valence electrons. The smallest absolute Gasteiger partial charge is 0.306 e. The number of aliphatic hydroxyl groups excluding tert-OH is 5. The van der Waals surface area contributed by atoms with Crippen molar-refractivity contribution in [3.63, 3.8) is 0 Å². The van der Waals surface area contributed by atoms with Crippen LogP contribution in [0.3, 0.4) is 0 Å². The van der Waals surface area contributed by atoms with Crippen LogP contribution in [0.2, 0.25) is 0 Å². The van der Waals surface area contributed by atoms with Crippen molar-refractivity contribution < 1.29 is 49.3 Å². The fraction of sp³-hybridized carbons (Fsp3) is 0.621. The van der Waals surface area contributed by atoms with E-state index in [1.54, 1.807) is 6.08 Å². The maximum atomic E-state index is 13.3. The number of unbranched alkanes of at least 4 members (excludes halogenated alkanes) is 16. The lowest BCUT2D eigenvalue weighted by atomic mass is 9.99. The minimum Gasteiger partial charge on any atom is -0.454 e. The molecule has 1 aliphatic rings. The molecule has 1 fully saturated rings. The van der Waals surface area contributed by atoms with Gasteiger partial charge in [-0.3, -0.25) is 9.59 Å². The second-order valence-corrected chi connectivity index (χ2v) is 17.7. The summed E-state index contributed by atoms with van der Waals surface area (Å²) in [5.74, 6) is -1.29. The molecule has 0 saturated carbocycles. The Kier molecular flexibility index (Phi) is 41.3. The van der Waals surface area contributed by atoms with Gasteiger partial charge in [0.2, 0.25) is 5.91 Å². The lowest BCUT2D eigenvalue weighted by Gasteiger charge is -2.41. The van der Waals surface area contributed by atoms with Crippen LogP contribution in [0.15, 0.2) is 122 Å². The van der Waals surface area contributed by atoms with E-state index in [1.807, 2.05) is 97.2 Å². The molecule has 11 nitrogen and oxygen atoms in total. The van der Waals surface area contributed by atoms with Crippen molar-refractivity contribution in [3.8, 4) is 0 Å². The van der Waals surface area contributed by atoms with Gasteiger partial charge in [0, 0.05) is 6.42 Å². The molecular formula is C58H93NO10. The summed E-state index contributed by atoms with van der Waals surface area (Å²) in [6.07, 6.45) is 51.1. The summed E-state index contributed by atoms with van der Waals surface area (Å²) in [4.78, 5) is 26.3. The third kappa shape index (κ3) is 34.1. The highest BCUT2D eigenvalue weighted by atomic mass is 16.7. The summed E-state index contributed by atoms with van der Waals surface area (Å²) in [5, 5.41) is 56.6. The van der Waals surface area contributed by atoms with E-state index in [0.29, 0.717) is 12.8 Å². The van der Waals surface area contributed by atoms with Crippen LogP contribution in [0.25, 0.3) is 0 Å². The Bertz CT molecular complexity index is 1570. The van der Waals surface area contributed by atoms with Crippen LogP contribution in [0.1, 0.15) is 168 Å². The Balaban J connectivity index is 2.85. The zero-order chi connectivity index (χ0) is 50.4. The van der Waals surface area contributed by atoms with Crippen molar-refractivity contribution in [1.29, 1.82) is 0 Å². The standard InChI is InChI=1S/C58H93NO10/c1-4-7-10-13-16-19-22-25-26-28-31-34-37-40-43-46-53(63)69-56-55(65)54(64)52(47-60)68-58(56)67-48-49(50(61)44-41-38-35-32-30-27-23-20-17-14-11-8-5-2)59-57(66)51(62)45-42-39-36-33-29-24-21-18-15-12-9-6-3/h7,9-10,12-13,15-16,18-19,21-22,24-26,28-29,31,33,41,44,49-52,54-56,58,60-62,64-65H,4-6,8,11,14,17,20,23,27,30,32,34-40,42-43,45-48H2,1-3H3,(H,59,66)/b10-7+,12-9+,16-13+,18-15+,22-19-,24-21-,26-25-,31-28+,33-29-,44-41+. The summed E-state index contributed by atoms with van der Waals surface area (Å²) in [6.45, 7) is 5.40. The maximum absolute atomic E-state index is 13.3. The van der Waals surface area contributed by atoms with Crippen molar-refractivity contribution in [2.24, 2.45) is 0 Å². The molecule has 0 aromatic rings. The Morgan fingerprint density at radius 1 is 0.580 bits per heavy atom. The lowest BCUT2D eigenvalue weighted by Crippen LogP contribution is -2.61. The van der Waals surface area contributed by atoms with Gasteiger partial charge in [-0.15, -0.1) is 0 Å². The van der Waals surface area contributed by atoms with E-state index in [4.69, 9.17) is 14.2 Å². The molecule has 8 atom stereocenters. The first-order valence-corrected chi connectivity index (χ1v) is 26.4. The van der Waals surface area contributed by atoms with Crippen molar-refractivity contribution in [1.82, 2.24) is 5.32 Å². The maximum Gasteiger partial charge on any atom is 0.306 e. The molecule has 0 radical (unpaired) electrons. The van der Waals surface area contributed by atoms with Crippen LogP contribution in [0, 0.1) is 0 Å². The second kappa shape index (κ2) is 45.2. The summed E-state index contributed by atoms with van der Waals surface area (Å²) >= 11 is 0. The SMILES string of the molecule is CC/C=C/C=C/C=C\C=C/C=C/CCCCCC(=O)OC1C(OCC(NC(=O)C(O)CCCC\C=C/C=C\C=C\C=C\CC)C(O)/C=C/CCCCCCCCCCCCC)OC(CO)C(O)C1O. The van der Waals surface area contributed by atoms with E-state index in [9.17, 15) is 35.1 Å². The molecule has 0 bridgehead atoms. The van der Waals surface area contributed by atoms with Gasteiger partial charge in [0.05, 0.1) is 25.4 Å². The molecule has 6 N–H and O–H groups in total. The van der Waals surface area contributed by atoms with E-state index in [2.05, 4.69) is 44.3 Å². The molecular weight excluding hydrogens is 871 g/mol. The number of hydrogen-bond acceptors (Lipinski definition) is 10. The number of rotatable bonds is 41.